The quantitative estimate of drug-likeness (QED) is 0.416. The van der Waals surface area contributed by atoms with Crippen molar-refractivity contribution in [2.45, 2.75) is 53.1 Å². The second-order valence-corrected chi connectivity index (χ2v) is 8.08. The first-order valence-corrected chi connectivity index (χ1v) is 10.5. The Morgan fingerprint density at radius 1 is 1.19 bits per heavy atom. The molecule has 2 amide bonds. The molecule has 3 aromatic heterocycles. The van der Waals surface area contributed by atoms with Crippen LogP contribution in [0.1, 0.15) is 57.6 Å². The molecular weight excluding hydrogens is 396 g/mol. The van der Waals surface area contributed by atoms with Crippen molar-refractivity contribution in [1.29, 1.82) is 0 Å². The van der Waals surface area contributed by atoms with E-state index in [0.29, 0.717) is 34.8 Å². The van der Waals surface area contributed by atoms with Gasteiger partial charge in [0, 0.05) is 31.2 Å². The number of nitrogens with zero attached hydrogens (tertiary/aromatic N) is 4. The largest absolute Gasteiger partial charge is 0.366 e. The Kier molecular flexibility index (Phi) is 6.88. The number of hydrogen-bond acceptors (Lipinski definition) is 6. The summed E-state index contributed by atoms with van der Waals surface area (Å²) in [5.41, 5.74) is 1.65. The zero-order chi connectivity index (χ0) is 22.5. The van der Waals surface area contributed by atoms with Gasteiger partial charge in [-0.15, -0.1) is 0 Å². The SMILES string of the molecule is CCNC(=O)c1cc2c(N[C@@H](CC(=O)Nc3cnn(C(C)C)c3)C(C)C)ncnc2[nH]1. The van der Waals surface area contributed by atoms with E-state index in [-0.39, 0.29) is 36.2 Å². The Labute approximate surface area is 181 Å². The third-order valence-electron chi connectivity index (χ3n) is 4.95. The lowest BCUT2D eigenvalue weighted by Gasteiger charge is -2.22. The lowest BCUT2D eigenvalue weighted by Crippen LogP contribution is -2.31. The van der Waals surface area contributed by atoms with Crippen LogP contribution in [-0.4, -0.2) is 49.1 Å². The van der Waals surface area contributed by atoms with Crippen LogP contribution in [0.2, 0.25) is 0 Å². The Morgan fingerprint density at radius 3 is 2.61 bits per heavy atom. The van der Waals surface area contributed by atoms with Crippen molar-refractivity contribution >= 4 is 34.4 Å². The molecule has 0 fully saturated rings. The molecule has 3 heterocycles. The van der Waals surface area contributed by atoms with E-state index in [0.717, 1.165) is 0 Å². The second-order valence-electron chi connectivity index (χ2n) is 8.08. The van der Waals surface area contributed by atoms with E-state index in [4.69, 9.17) is 0 Å². The highest BCUT2D eigenvalue weighted by molar-refractivity contribution is 6.00. The number of aromatic amines is 1. The number of rotatable bonds is 9. The Bertz CT molecular complexity index is 1050. The molecule has 0 bridgehead atoms. The minimum atomic E-state index is -0.201. The molecule has 0 aliphatic heterocycles. The molecule has 166 valence electrons. The highest BCUT2D eigenvalue weighted by atomic mass is 16.2. The Morgan fingerprint density at radius 2 is 1.97 bits per heavy atom. The van der Waals surface area contributed by atoms with Crippen LogP contribution >= 0.6 is 0 Å². The molecule has 10 heteroatoms. The van der Waals surface area contributed by atoms with Crippen LogP contribution < -0.4 is 16.0 Å². The van der Waals surface area contributed by atoms with Crippen molar-refractivity contribution in [2.24, 2.45) is 5.92 Å². The minimum absolute atomic E-state index is 0.114. The maximum atomic E-state index is 12.6. The van der Waals surface area contributed by atoms with Crippen LogP contribution in [0.5, 0.6) is 0 Å². The molecule has 0 saturated heterocycles. The molecule has 3 rings (SSSR count). The maximum Gasteiger partial charge on any atom is 0.267 e. The van der Waals surface area contributed by atoms with Gasteiger partial charge in [0.05, 0.1) is 17.3 Å². The summed E-state index contributed by atoms with van der Waals surface area (Å²) in [6.07, 6.45) is 5.15. The van der Waals surface area contributed by atoms with Crippen LogP contribution in [-0.2, 0) is 4.79 Å². The summed E-state index contributed by atoms with van der Waals surface area (Å²) in [6, 6.07) is 1.78. The number of anilines is 2. The molecule has 1 atom stereocenters. The average Bonchev–Trinajstić information content (AvgIpc) is 3.35. The summed E-state index contributed by atoms with van der Waals surface area (Å²) in [7, 11) is 0. The van der Waals surface area contributed by atoms with E-state index in [1.807, 2.05) is 40.8 Å². The van der Waals surface area contributed by atoms with Gasteiger partial charge in [-0.25, -0.2) is 9.97 Å². The fraction of sp³-hybridized carbons (Fsp3) is 0.476. The van der Waals surface area contributed by atoms with Gasteiger partial charge in [-0.3, -0.25) is 14.3 Å². The molecule has 0 unspecified atom stereocenters. The number of carbonyl (C=O) groups is 2. The zero-order valence-corrected chi connectivity index (χ0v) is 18.6. The van der Waals surface area contributed by atoms with Gasteiger partial charge in [-0.1, -0.05) is 13.8 Å². The maximum absolute atomic E-state index is 12.6. The Balaban J connectivity index is 1.74. The summed E-state index contributed by atoms with van der Waals surface area (Å²) in [6.45, 7) is 10.5. The molecule has 3 aromatic rings. The first-order valence-electron chi connectivity index (χ1n) is 10.5. The van der Waals surface area contributed by atoms with E-state index in [2.05, 4.69) is 36.0 Å². The summed E-state index contributed by atoms with van der Waals surface area (Å²) in [5, 5.41) is 14.0. The molecule has 0 aliphatic carbocycles. The third-order valence-corrected chi connectivity index (χ3v) is 4.95. The van der Waals surface area contributed by atoms with E-state index >= 15 is 0 Å². The summed E-state index contributed by atoms with van der Waals surface area (Å²) >= 11 is 0. The van der Waals surface area contributed by atoms with E-state index < -0.39 is 0 Å². The van der Waals surface area contributed by atoms with Crippen LogP contribution in [0.15, 0.2) is 24.8 Å². The smallest absolute Gasteiger partial charge is 0.267 e. The Hall–Kier alpha value is -3.43. The van der Waals surface area contributed by atoms with Crippen LogP contribution in [0.25, 0.3) is 11.0 Å². The van der Waals surface area contributed by atoms with Gasteiger partial charge in [0.1, 0.15) is 23.5 Å². The molecule has 0 radical (unpaired) electrons. The van der Waals surface area contributed by atoms with Gasteiger partial charge in [0.25, 0.3) is 5.91 Å². The van der Waals surface area contributed by atoms with Crippen molar-refractivity contribution in [2.75, 3.05) is 17.2 Å². The van der Waals surface area contributed by atoms with Crippen LogP contribution in [0.4, 0.5) is 11.5 Å². The predicted octanol–water partition coefficient (Wildman–Crippen LogP) is 2.95. The fourth-order valence-electron chi connectivity index (χ4n) is 3.16. The van der Waals surface area contributed by atoms with Crippen molar-refractivity contribution in [3.05, 3.63) is 30.5 Å². The predicted molar refractivity (Wildman–Crippen MR) is 120 cm³/mol. The monoisotopic (exact) mass is 426 g/mol. The zero-order valence-electron chi connectivity index (χ0n) is 18.6. The highest BCUT2D eigenvalue weighted by Crippen LogP contribution is 2.23. The highest BCUT2D eigenvalue weighted by Gasteiger charge is 2.21. The topological polar surface area (TPSA) is 130 Å². The molecule has 10 nitrogen and oxygen atoms in total. The summed E-state index contributed by atoms with van der Waals surface area (Å²) in [5.74, 6) is 0.428. The van der Waals surface area contributed by atoms with Gasteiger partial charge in [0.15, 0.2) is 0 Å². The molecule has 0 aliphatic rings. The van der Waals surface area contributed by atoms with Crippen molar-refractivity contribution in [1.82, 2.24) is 30.0 Å². The molecule has 0 aromatic carbocycles. The normalized spacial score (nSPS) is 12.4. The lowest BCUT2D eigenvalue weighted by atomic mass is 10.0. The van der Waals surface area contributed by atoms with E-state index in [1.54, 1.807) is 16.9 Å². The van der Waals surface area contributed by atoms with Gasteiger partial charge < -0.3 is 20.9 Å². The number of H-pyrrole nitrogens is 1. The van der Waals surface area contributed by atoms with Gasteiger partial charge >= 0.3 is 0 Å². The first kappa shape index (κ1) is 22.3. The van der Waals surface area contributed by atoms with E-state index in [1.165, 1.54) is 6.33 Å². The average molecular weight is 427 g/mol. The van der Waals surface area contributed by atoms with Crippen LogP contribution in [0.3, 0.4) is 0 Å². The van der Waals surface area contributed by atoms with Crippen LogP contribution in [0, 0.1) is 5.92 Å². The molecule has 4 N–H and O–H groups in total. The number of carbonyl (C=O) groups excluding carboxylic acids is 2. The van der Waals surface area contributed by atoms with Gasteiger partial charge in [-0.2, -0.15) is 5.10 Å². The van der Waals surface area contributed by atoms with E-state index in [9.17, 15) is 9.59 Å². The standard InChI is InChI=1S/C21H30N8O2/c1-6-22-21(31)17-7-15-19(23-11-24-20(15)28-17)27-16(12(2)3)8-18(30)26-14-9-25-29(10-14)13(4)5/h7,9-13,16H,6,8H2,1-5H3,(H,22,31)(H,26,30)(H2,23,24,27,28)/t16-/m0/s1. The number of hydrogen-bond donors (Lipinski definition) is 4. The number of fused-ring (bicyclic) bond motifs is 1. The lowest BCUT2D eigenvalue weighted by molar-refractivity contribution is -0.116. The number of nitrogens with one attached hydrogen (secondary N) is 4. The van der Waals surface area contributed by atoms with Crippen molar-refractivity contribution < 1.29 is 9.59 Å². The molecule has 0 spiro atoms. The minimum Gasteiger partial charge on any atom is -0.366 e. The second kappa shape index (κ2) is 9.59. The van der Waals surface area contributed by atoms with Crippen molar-refractivity contribution in [3.63, 3.8) is 0 Å². The number of aromatic nitrogens is 5. The van der Waals surface area contributed by atoms with Gasteiger partial charge in [0.2, 0.25) is 5.91 Å². The molecule has 0 saturated carbocycles. The molecular formula is C21H30N8O2. The summed E-state index contributed by atoms with van der Waals surface area (Å²) < 4.78 is 1.80. The van der Waals surface area contributed by atoms with Crippen molar-refractivity contribution in [3.8, 4) is 0 Å². The fourth-order valence-corrected chi connectivity index (χ4v) is 3.16. The third kappa shape index (κ3) is 5.39. The number of amides is 2. The first-order chi connectivity index (χ1) is 14.8. The van der Waals surface area contributed by atoms with Gasteiger partial charge in [-0.05, 0) is 32.8 Å². The summed E-state index contributed by atoms with van der Waals surface area (Å²) in [4.78, 5) is 36.4. The molecule has 31 heavy (non-hydrogen) atoms.